The zero-order valence-electron chi connectivity index (χ0n) is 18.2. The molecule has 4 nitrogen and oxygen atoms in total. The Morgan fingerprint density at radius 3 is 2.07 bits per heavy atom. The first-order chi connectivity index (χ1) is 12.7. The van der Waals surface area contributed by atoms with E-state index in [9.17, 15) is 4.79 Å². The highest BCUT2D eigenvalue weighted by Crippen LogP contribution is 2.41. The molecule has 0 saturated heterocycles. The monoisotopic (exact) mass is 394 g/mol. The number of ether oxygens (including phenoxy) is 2. The molecule has 154 valence electrons. The van der Waals surface area contributed by atoms with Crippen molar-refractivity contribution >= 4 is 14.6 Å². The summed E-state index contributed by atoms with van der Waals surface area (Å²) >= 11 is 0. The van der Waals surface area contributed by atoms with Gasteiger partial charge in [0.2, 0.25) is 0 Å². The minimum Gasteiger partial charge on any atom is -0.410 e. The lowest BCUT2D eigenvalue weighted by Gasteiger charge is -2.39. The molecular weight excluding hydrogens is 356 g/mol. The first-order valence-electron chi connectivity index (χ1n) is 9.90. The molecule has 1 aromatic carbocycles. The van der Waals surface area contributed by atoms with Crippen LogP contribution in [0.15, 0.2) is 30.3 Å². The van der Waals surface area contributed by atoms with Crippen LogP contribution in [0.2, 0.25) is 18.1 Å². The zero-order valence-corrected chi connectivity index (χ0v) is 19.2. The first kappa shape index (κ1) is 24.0. The van der Waals surface area contributed by atoms with Gasteiger partial charge in [-0.2, -0.15) is 0 Å². The number of rotatable bonds is 12. The summed E-state index contributed by atoms with van der Waals surface area (Å²) in [6.07, 6.45) is 3.99. The highest BCUT2D eigenvalue weighted by Gasteiger charge is 2.39. The van der Waals surface area contributed by atoms with Gasteiger partial charge in [0.1, 0.15) is 6.10 Å². The predicted octanol–water partition coefficient (Wildman–Crippen LogP) is 5.54. The van der Waals surface area contributed by atoms with Crippen molar-refractivity contribution in [1.82, 2.24) is 0 Å². The third kappa shape index (κ3) is 7.49. The van der Waals surface area contributed by atoms with Crippen LogP contribution in [0, 0.1) is 0 Å². The Kier molecular flexibility index (Phi) is 9.88. The van der Waals surface area contributed by atoms with E-state index in [4.69, 9.17) is 13.9 Å². The molecule has 0 aromatic heterocycles. The topological polar surface area (TPSA) is 44.8 Å². The summed E-state index contributed by atoms with van der Waals surface area (Å²) in [6, 6.07) is 10.5. The van der Waals surface area contributed by atoms with Crippen LogP contribution in [0.5, 0.6) is 0 Å². The maximum atomic E-state index is 11.1. The minimum atomic E-state index is -1.86. The van der Waals surface area contributed by atoms with Crippen LogP contribution < -0.4 is 0 Å². The average molecular weight is 395 g/mol. The maximum Gasteiger partial charge on any atom is 0.192 e. The van der Waals surface area contributed by atoms with E-state index in [0.717, 1.165) is 32.0 Å². The average Bonchev–Trinajstić information content (AvgIpc) is 2.63. The quantitative estimate of drug-likeness (QED) is 0.265. The van der Waals surface area contributed by atoms with E-state index in [-0.39, 0.29) is 17.2 Å². The summed E-state index contributed by atoms with van der Waals surface area (Å²) in [5, 5.41) is 0.177. The molecule has 1 aromatic rings. The van der Waals surface area contributed by atoms with Crippen molar-refractivity contribution in [3.05, 3.63) is 35.9 Å². The van der Waals surface area contributed by atoms with E-state index in [0.29, 0.717) is 0 Å². The fourth-order valence-corrected chi connectivity index (χ4v) is 4.20. The number of hydrogen-bond donors (Lipinski definition) is 0. The molecule has 0 N–H and O–H groups in total. The molecule has 0 heterocycles. The zero-order chi connectivity index (χ0) is 20.5. The molecule has 0 aliphatic carbocycles. The highest BCUT2D eigenvalue weighted by molar-refractivity contribution is 6.74. The van der Waals surface area contributed by atoms with Gasteiger partial charge < -0.3 is 18.7 Å². The Labute approximate surface area is 166 Å². The van der Waals surface area contributed by atoms with E-state index in [1.54, 1.807) is 14.2 Å². The molecular formula is C22H38O4Si. The summed E-state index contributed by atoms with van der Waals surface area (Å²) in [5.41, 5.74) is 1.24. The molecule has 0 fully saturated rings. The van der Waals surface area contributed by atoms with Gasteiger partial charge in [-0.25, -0.2) is 0 Å². The van der Waals surface area contributed by atoms with Crippen LogP contribution in [0.4, 0.5) is 0 Å². The van der Waals surface area contributed by atoms with Gasteiger partial charge in [-0.3, -0.25) is 0 Å². The lowest BCUT2D eigenvalue weighted by atomic mass is 10.0. The molecule has 27 heavy (non-hydrogen) atoms. The van der Waals surface area contributed by atoms with Crippen molar-refractivity contribution in [3.8, 4) is 0 Å². The fourth-order valence-electron chi connectivity index (χ4n) is 2.88. The molecule has 0 unspecified atom stereocenters. The van der Waals surface area contributed by atoms with Crippen molar-refractivity contribution in [1.29, 1.82) is 0 Å². The second-order valence-electron chi connectivity index (χ2n) is 8.67. The second kappa shape index (κ2) is 11.1. The van der Waals surface area contributed by atoms with Crippen molar-refractivity contribution < 1.29 is 18.7 Å². The Bertz CT molecular complexity index is 539. The third-order valence-corrected chi connectivity index (χ3v) is 10.2. The lowest BCUT2D eigenvalue weighted by Crippen LogP contribution is -2.41. The van der Waals surface area contributed by atoms with Crippen molar-refractivity contribution in [3.63, 3.8) is 0 Å². The molecule has 0 aliphatic rings. The Morgan fingerprint density at radius 2 is 1.59 bits per heavy atom. The van der Waals surface area contributed by atoms with Crippen molar-refractivity contribution in [2.75, 3.05) is 14.2 Å². The predicted molar refractivity (Wildman–Crippen MR) is 114 cm³/mol. The molecule has 0 bridgehead atoms. The van der Waals surface area contributed by atoms with Gasteiger partial charge in [-0.05, 0) is 36.5 Å². The Hall–Kier alpha value is -1.01. The van der Waals surface area contributed by atoms with Crippen LogP contribution in [0.25, 0.3) is 0 Å². The smallest absolute Gasteiger partial charge is 0.192 e. The maximum absolute atomic E-state index is 11.1. The Morgan fingerprint density at radius 1 is 1.00 bits per heavy atom. The van der Waals surface area contributed by atoms with Gasteiger partial charge in [-0.1, -0.05) is 63.9 Å². The van der Waals surface area contributed by atoms with Crippen LogP contribution in [0.1, 0.15) is 58.1 Å². The van der Waals surface area contributed by atoms with E-state index < -0.39 is 14.4 Å². The van der Waals surface area contributed by atoms with Crippen LogP contribution >= 0.6 is 0 Å². The standard InChI is InChI=1S/C22H38O4Si/c1-22(2,3)27(6,7)26-19(18-13-9-8-10-14-18)15-11-12-16-20(24-4)21(17-23)25-5/h8-10,13-14,17,19-21H,11-12,15-16H2,1-7H3/t19-,20-,21+/m0/s1. The van der Waals surface area contributed by atoms with Gasteiger partial charge in [0.15, 0.2) is 14.6 Å². The summed E-state index contributed by atoms with van der Waals surface area (Å²) in [4.78, 5) is 11.1. The van der Waals surface area contributed by atoms with Gasteiger partial charge in [0.05, 0.1) is 12.2 Å². The molecule has 0 aliphatic heterocycles. The minimum absolute atomic E-state index is 0.109. The lowest BCUT2D eigenvalue weighted by molar-refractivity contribution is -0.125. The summed E-state index contributed by atoms with van der Waals surface area (Å²) in [6.45, 7) is 11.4. The van der Waals surface area contributed by atoms with Gasteiger partial charge >= 0.3 is 0 Å². The molecule has 5 heteroatoms. The number of benzene rings is 1. The van der Waals surface area contributed by atoms with Crippen molar-refractivity contribution in [2.24, 2.45) is 0 Å². The number of methoxy groups -OCH3 is 2. The van der Waals surface area contributed by atoms with Gasteiger partial charge in [0, 0.05) is 14.2 Å². The number of unbranched alkanes of at least 4 members (excludes halogenated alkanes) is 1. The largest absolute Gasteiger partial charge is 0.410 e. The summed E-state index contributed by atoms with van der Waals surface area (Å²) < 4.78 is 17.4. The number of carbonyl (C=O) groups is 1. The van der Waals surface area contributed by atoms with E-state index in [1.165, 1.54) is 5.56 Å². The first-order valence-corrected chi connectivity index (χ1v) is 12.8. The number of carbonyl (C=O) groups excluding carboxylic acids is 1. The molecule has 0 radical (unpaired) electrons. The molecule has 1 rings (SSSR count). The van der Waals surface area contributed by atoms with E-state index >= 15 is 0 Å². The normalized spacial score (nSPS) is 16.0. The SMILES string of the molecule is CO[C@@H](CCCC[C@H](O[Si](C)(C)C(C)(C)C)c1ccccc1)[C@@H](C=O)OC. The highest BCUT2D eigenvalue weighted by atomic mass is 28.4. The summed E-state index contributed by atoms with van der Waals surface area (Å²) in [5.74, 6) is 0. The summed E-state index contributed by atoms with van der Waals surface area (Å²) in [7, 11) is 1.32. The number of hydrogen-bond acceptors (Lipinski definition) is 4. The van der Waals surface area contributed by atoms with Gasteiger partial charge in [-0.15, -0.1) is 0 Å². The second-order valence-corrected chi connectivity index (χ2v) is 13.4. The molecule has 0 spiro atoms. The van der Waals surface area contributed by atoms with Crippen LogP contribution in [0.3, 0.4) is 0 Å². The fraction of sp³-hybridized carbons (Fsp3) is 0.682. The van der Waals surface area contributed by atoms with Gasteiger partial charge in [0.25, 0.3) is 0 Å². The van der Waals surface area contributed by atoms with Crippen molar-refractivity contribution in [2.45, 2.75) is 82.9 Å². The van der Waals surface area contributed by atoms with Crippen LogP contribution in [-0.4, -0.2) is 41.0 Å². The molecule has 0 saturated carbocycles. The number of aldehydes is 1. The van der Waals surface area contributed by atoms with Crippen LogP contribution in [-0.2, 0) is 18.7 Å². The van der Waals surface area contributed by atoms with E-state index in [1.807, 2.05) is 6.07 Å². The third-order valence-electron chi connectivity index (χ3n) is 5.69. The molecule has 0 amide bonds. The molecule has 3 atom stereocenters. The van der Waals surface area contributed by atoms with E-state index in [2.05, 4.69) is 58.1 Å². The Balaban J connectivity index is 2.72.